The van der Waals surface area contributed by atoms with Crippen LogP contribution in [0.3, 0.4) is 0 Å². The van der Waals surface area contributed by atoms with Gasteiger partial charge in [-0.2, -0.15) is 0 Å². The highest BCUT2D eigenvalue weighted by molar-refractivity contribution is 5.67. The maximum Gasteiger partial charge on any atom is 0.303 e. The monoisotopic (exact) mass is 316 g/mol. The van der Waals surface area contributed by atoms with E-state index < -0.39 is 5.60 Å². The molecule has 2 aliphatic heterocycles. The molecular formula is C19H28N2O2. The number of rotatable bonds is 3. The van der Waals surface area contributed by atoms with Crippen molar-refractivity contribution in [2.24, 2.45) is 11.8 Å². The van der Waals surface area contributed by atoms with E-state index in [0.717, 1.165) is 51.0 Å². The average Bonchev–Trinajstić information content (AvgIpc) is 2.58. The first-order valence-corrected chi connectivity index (χ1v) is 8.76. The van der Waals surface area contributed by atoms with Crippen molar-refractivity contribution in [3.05, 3.63) is 35.9 Å². The molecule has 2 aliphatic rings. The van der Waals surface area contributed by atoms with Crippen molar-refractivity contribution < 1.29 is 9.53 Å². The van der Waals surface area contributed by atoms with Crippen LogP contribution in [0, 0.1) is 11.8 Å². The molecule has 1 aromatic carbocycles. The first-order chi connectivity index (χ1) is 11.1. The van der Waals surface area contributed by atoms with Gasteiger partial charge in [0.05, 0.1) is 0 Å². The Morgan fingerprint density at radius 3 is 2.61 bits per heavy atom. The number of benzene rings is 1. The van der Waals surface area contributed by atoms with Gasteiger partial charge >= 0.3 is 5.97 Å². The number of nitrogens with one attached hydrogen (secondary N) is 1. The Morgan fingerprint density at radius 1 is 1.26 bits per heavy atom. The van der Waals surface area contributed by atoms with Gasteiger partial charge in [-0.1, -0.05) is 30.3 Å². The molecule has 0 aliphatic carbocycles. The number of hydrogen-bond donors (Lipinski definition) is 1. The van der Waals surface area contributed by atoms with Crippen LogP contribution >= 0.6 is 0 Å². The van der Waals surface area contributed by atoms with Crippen molar-refractivity contribution in [3.8, 4) is 0 Å². The van der Waals surface area contributed by atoms with Gasteiger partial charge in [0.1, 0.15) is 5.60 Å². The third-order valence-corrected chi connectivity index (χ3v) is 5.51. The highest BCUT2D eigenvalue weighted by atomic mass is 16.6. The van der Waals surface area contributed by atoms with Gasteiger partial charge in [-0.15, -0.1) is 0 Å². The molecule has 0 aromatic heterocycles. The molecule has 2 saturated heterocycles. The van der Waals surface area contributed by atoms with E-state index in [4.69, 9.17) is 4.74 Å². The molecule has 2 unspecified atom stereocenters. The fraction of sp³-hybridized carbons (Fsp3) is 0.632. The zero-order valence-electron chi connectivity index (χ0n) is 14.3. The minimum absolute atomic E-state index is 0.169. The van der Waals surface area contributed by atoms with Crippen molar-refractivity contribution in [2.75, 3.05) is 33.2 Å². The van der Waals surface area contributed by atoms with Crippen LogP contribution < -0.4 is 5.32 Å². The summed E-state index contributed by atoms with van der Waals surface area (Å²) >= 11 is 0. The number of esters is 1. The zero-order chi connectivity index (χ0) is 16.3. The van der Waals surface area contributed by atoms with Crippen molar-refractivity contribution in [1.82, 2.24) is 10.2 Å². The second kappa shape index (κ2) is 7.02. The third-order valence-electron chi connectivity index (χ3n) is 5.51. The number of nitrogens with zero attached hydrogens (tertiary/aromatic N) is 1. The minimum atomic E-state index is -0.471. The van der Waals surface area contributed by atoms with Crippen LogP contribution in [0.1, 0.15) is 31.7 Å². The number of carbonyl (C=O) groups is 1. The molecule has 2 fully saturated rings. The number of ether oxygens (including phenoxy) is 1. The largest absolute Gasteiger partial charge is 0.454 e. The van der Waals surface area contributed by atoms with Crippen LogP contribution in [0.15, 0.2) is 30.3 Å². The smallest absolute Gasteiger partial charge is 0.303 e. The van der Waals surface area contributed by atoms with E-state index in [9.17, 15) is 4.79 Å². The molecule has 126 valence electrons. The van der Waals surface area contributed by atoms with E-state index in [2.05, 4.69) is 41.5 Å². The predicted molar refractivity (Wildman–Crippen MR) is 91.1 cm³/mol. The van der Waals surface area contributed by atoms with E-state index in [0.29, 0.717) is 11.8 Å². The van der Waals surface area contributed by atoms with E-state index >= 15 is 0 Å². The van der Waals surface area contributed by atoms with Gasteiger partial charge in [0.2, 0.25) is 0 Å². The van der Waals surface area contributed by atoms with Crippen LogP contribution in [-0.4, -0.2) is 44.1 Å². The van der Waals surface area contributed by atoms with E-state index in [1.165, 1.54) is 0 Å². The quantitative estimate of drug-likeness (QED) is 0.870. The molecule has 2 atom stereocenters. The number of likely N-dealkylation sites (tertiary alicyclic amines) is 1. The normalized spacial score (nSPS) is 30.1. The predicted octanol–water partition coefficient (Wildman–Crippen LogP) is 2.40. The first-order valence-electron chi connectivity index (χ1n) is 8.76. The lowest BCUT2D eigenvalue weighted by atomic mass is 9.67. The Kier molecular flexibility index (Phi) is 5.02. The maximum absolute atomic E-state index is 12.0. The van der Waals surface area contributed by atoms with E-state index in [-0.39, 0.29) is 5.97 Å². The molecule has 0 radical (unpaired) electrons. The Labute approximate surface area is 139 Å². The molecule has 4 nitrogen and oxygen atoms in total. The maximum atomic E-state index is 12.0. The van der Waals surface area contributed by atoms with E-state index in [1.54, 1.807) is 6.92 Å². The van der Waals surface area contributed by atoms with Crippen molar-refractivity contribution in [2.45, 2.75) is 31.8 Å². The molecule has 0 spiro atoms. The van der Waals surface area contributed by atoms with Gasteiger partial charge in [-0.05, 0) is 44.5 Å². The van der Waals surface area contributed by atoms with Crippen LogP contribution in [0.2, 0.25) is 0 Å². The zero-order valence-corrected chi connectivity index (χ0v) is 14.3. The summed E-state index contributed by atoms with van der Waals surface area (Å²) in [6, 6.07) is 10.4. The molecule has 2 heterocycles. The van der Waals surface area contributed by atoms with Gasteiger partial charge in [-0.25, -0.2) is 0 Å². The topological polar surface area (TPSA) is 41.6 Å². The summed E-state index contributed by atoms with van der Waals surface area (Å²) in [4.78, 5) is 14.3. The Bertz CT molecular complexity index is 527. The van der Waals surface area contributed by atoms with Gasteiger partial charge in [0.15, 0.2) is 0 Å². The highest BCUT2D eigenvalue weighted by Crippen LogP contribution is 2.46. The fourth-order valence-corrected chi connectivity index (χ4v) is 4.41. The molecule has 0 bridgehead atoms. The molecule has 4 heteroatoms. The molecule has 1 N–H and O–H groups in total. The van der Waals surface area contributed by atoms with E-state index in [1.807, 2.05) is 6.07 Å². The summed E-state index contributed by atoms with van der Waals surface area (Å²) in [6.45, 7) is 5.63. The standard InChI is InChI=1S/C19H28N2O2/c1-15(22)23-19(17-6-4-3-5-7-17)10-13-21(2)14-18(19)16-8-11-20-12-9-16/h3-7,16,18,20H,8-14H2,1-2H3. The van der Waals surface area contributed by atoms with Gasteiger partial charge in [0.25, 0.3) is 0 Å². The fourth-order valence-electron chi connectivity index (χ4n) is 4.41. The van der Waals surface area contributed by atoms with Crippen LogP contribution in [0.4, 0.5) is 0 Å². The molecule has 1 aromatic rings. The third kappa shape index (κ3) is 3.43. The van der Waals surface area contributed by atoms with Crippen LogP contribution in [0.5, 0.6) is 0 Å². The second-order valence-corrected chi connectivity index (χ2v) is 7.06. The minimum Gasteiger partial charge on any atom is -0.454 e. The molecular weight excluding hydrogens is 288 g/mol. The summed E-state index contributed by atoms with van der Waals surface area (Å²) in [7, 11) is 2.18. The molecule has 0 amide bonds. The number of piperidine rings is 2. The van der Waals surface area contributed by atoms with Crippen molar-refractivity contribution in [3.63, 3.8) is 0 Å². The number of carbonyl (C=O) groups excluding carboxylic acids is 1. The molecule has 3 rings (SSSR count). The Balaban J connectivity index is 2.00. The summed E-state index contributed by atoms with van der Waals surface area (Å²) in [5.41, 5.74) is 0.688. The van der Waals surface area contributed by atoms with Gasteiger partial charge in [0, 0.05) is 32.4 Å². The first kappa shape index (κ1) is 16.5. The summed E-state index contributed by atoms with van der Waals surface area (Å²) in [6.07, 6.45) is 3.20. The lowest BCUT2D eigenvalue weighted by molar-refractivity contribution is -0.179. The molecule has 0 saturated carbocycles. The van der Waals surface area contributed by atoms with Crippen LogP contribution in [0.25, 0.3) is 0 Å². The second-order valence-electron chi connectivity index (χ2n) is 7.06. The summed E-state index contributed by atoms with van der Waals surface area (Å²) < 4.78 is 6.09. The lowest BCUT2D eigenvalue weighted by Crippen LogP contribution is -2.54. The van der Waals surface area contributed by atoms with Gasteiger partial charge < -0.3 is 15.0 Å². The molecule has 23 heavy (non-hydrogen) atoms. The van der Waals surface area contributed by atoms with Crippen molar-refractivity contribution in [1.29, 1.82) is 0 Å². The Hall–Kier alpha value is -1.39. The average molecular weight is 316 g/mol. The summed E-state index contributed by atoms with van der Waals surface area (Å²) in [5.74, 6) is 0.783. The van der Waals surface area contributed by atoms with Crippen molar-refractivity contribution >= 4 is 5.97 Å². The van der Waals surface area contributed by atoms with Gasteiger partial charge in [-0.3, -0.25) is 4.79 Å². The van der Waals surface area contributed by atoms with Crippen LogP contribution in [-0.2, 0) is 15.1 Å². The lowest BCUT2D eigenvalue weighted by Gasteiger charge is -2.50. The summed E-state index contributed by atoms with van der Waals surface area (Å²) in [5, 5.41) is 3.45. The SMILES string of the molecule is CC(=O)OC1(c2ccccc2)CCN(C)CC1C1CCNCC1. The Morgan fingerprint density at radius 2 is 1.96 bits per heavy atom. The number of hydrogen-bond acceptors (Lipinski definition) is 4. The highest BCUT2D eigenvalue weighted by Gasteiger charge is 2.49.